The summed E-state index contributed by atoms with van der Waals surface area (Å²) in [6, 6.07) is 6.04. The number of amides is 2. The first-order valence-electron chi connectivity index (χ1n) is 23.8. The van der Waals surface area contributed by atoms with E-state index < -0.39 is 52.6 Å². The van der Waals surface area contributed by atoms with Gasteiger partial charge in [-0.15, -0.1) is 0 Å². The minimum Gasteiger partial charge on any atom is -0.404 e. The van der Waals surface area contributed by atoms with Gasteiger partial charge in [0.2, 0.25) is 11.8 Å². The van der Waals surface area contributed by atoms with Crippen LogP contribution in [0.15, 0.2) is 76.3 Å². The molecular weight excluding hydrogens is 902 g/mol. The quantitative estimate of drug-likeness (QED) is 0.0386. The van der Waals surface area contributed by atoms with Crippen LogP contribution >= 0.6 is 0 Å². The van der Waals surface area contributed by atoms with Crippen molar-refractivity contribution in [3.63, 3.8) is 0 Å². The van der Waals surface area contributed by atoms with E-state index in [1.165, 1.54) is 11.1 Å². The minimum atomic E-state index is -4.80. The van der Waals surface area contributed by atoms with Crippen molar-refractivity contribution in [2.24, 2.45) is 21.1 Å². The maximum Gasteiger partial charge on any atom is 0.435 e. The van der Waals surface area contributed by atoms with Crippen molar-refractivity contribution in [2.45, 2.75) is 155 Å². The number of pyridine rings is 2. The number of nitrogens with two attached hydrogens (primary N) is 1. The Morgan fingerprint density at radius 3 is 2.41 bits per heavy atom. The van der Waals surface area contributed by atoms with E-state index in [0.29, 0.717) is 36.6 Å². The molecule has 1 aliphatic heterocycles. The summed E-state index contributed by atoms with van der Waals surface area (Å²) < 4.78 is 45.8. The van der Waals surface area contributed by atoms with E-state index in [1.54, 1.807) is 53.0 Å². The van der Waals surface area contributed by atoms with E-state index in [4.69, 9.17) is 18.6 Å². The Bertz CT molecular complexity index is 2730. The second-order valence-electron chi connectivity index (χ2n) is 19.2. The van der Waals surface area contributed by atoms with Crippen LogP contribution in [0.4, 0.5) is 13.2 Å². The largest absolute Gasteiger partial charge is 0.435 e. The Balaban J connectivity index is 0.00000397. The first kappa shape index (κ1) is 53.4. The summed E-state index contributed by atoms with van der Waals surface area (Å²) in [4.78, 5) is 48.5. The van der Waals surface area contributed by atoms with Gasteiger partial charge in [0.15, 0.2) is 11.3 Å². The smallest absolute Gasteiger partial charge is 0.404 e. The fraction of sp³-hybridized carbons (Fsp3) is 0.520. The number of nitrogens with zero attached hydrogens (tertiary/aromatic N) is 9. The normalized spacial score (nSPS) is 20.0. The highest BCUT2D eigenvalue weighted by atomic mass is 19.4. The Morgan fingerprint density at radius 2 is 1.81 bits per heavy atom. The van der Waals surface area contributed by atoms with Gasteiger partial charge in [-0.3, -0.25) is 28.9 Å². The molecule has 16 nitrogen and oxygen atoms in total. The maximum atomic E-state index is 14.7. The number of hydrogen-bond acceptors (Lipinski definition) is 12. The molecule has 1 spiro atoms. The fourth-order valence-corrected chi connectivity index (χ4v) is 8.83. The third-order valence-electron chi connectivity index (χ3n) is 12.7. The lowest BCUT2D eigenvalue weighted by atomic mass is 9.96. The molecule has 3 aliphatic rings. The molecule has 2 radical (unpaired) electrons. The Kier molecular flexibility index (Phi) is 15.8. The lowest BCUT2D eigenvalue weighted by molar-refractivity contribution is -0.141. The zero-order chi connectivity index (χ0) is 51.6. The summed E-state index contributed by atoms with van der Waals surface area (Å²) in [5.74, 6) is -3.70. The molecule has 20 heteroatoms. The van der Waals surface area contributed by atoms with Crippen molar-refractivity contribution >= 4 is 48.7 Å². The molecule has 3 fully saturated rings. The SMILES string of the molecule is CC.[B]CC(O)(O)/N=C/C(=C\N)CC(C(=O)NC(C)(C)Cn1nc(C(F)(F)F)cc1C(=C/C)/C=N/C(=C/CC)C(C)(C)O)N1CCC2(CC2c2ccc(-c3cnc4nn(C5CC5)cc4c3)nc2C)C1=O. The van der Waals surface area contributed by atoms with Gasteiger partial charge in [-0.2, -0.15) is 23.4 Å². The number of aryl methyl sites for hydroxylation is 1. The van der Waals surface area contributed by atoms with Crippen molar-refractivity contribution in [1.82, 2.24) is 39.7 Å². The molecule has 6 N–H and O–H groups in total. The van der Waals surface area contributed by atoms with Gasteiger partial charge in [0, 0.05) is 65.9 Å². The van der Waals surface area contributed by atoms with Crippen molar-refractivity contribution in [1.29, 1.82) is 0 Å². The Labute approximate surface area is 408 Å². The predicted molar refractivity (Wildman–Crippen MR) is 264 cm³/mol. The Morgan fingerprint density at radius 1 is 1.10 bits per heavy atom. The lowest BCUT2D eigenvalue weighted by Crippen LogP contribution is -2.55. The number of aliphatic hydroxyl groups is 3. The van der Waals surface area contributed by atoms with Crippen molar-refractivity contribution in [2.75, 3.05) is 6.54 Å². The topological polar surface area (TPSA) is 222 Å². The number of halogens is 3. The van der Waals surface area contributed by atoms with Crippen LogP contribution in [0.2, 0.25) is 6.32 Å². The van der Waals surface area contributed by atoms with Crippen LogP contribution in [0.1, 0.15) is 129 Å². The molecule has 3 atom stereocenters. The highest BCUT2D eigenvalue weighted by Crippen LogP contribution is 2.65. The van der Waals surface area contributed by atoms with Gasteiger partial charge in [0.1, 0.15) is 11.6 Å². The Hall–Kier alpha value is -5.99. The van der Waals surface area contributed by atoms with Crippen LogP contribution in [0.5, 0.6) is 0 Å². The maximum absolute atomic E-state index is 14.7. The van der Waals surface area contributed by atoms with E-state index in [2.05, 4.69) is 30.5 Å². The molecule has 374 valence electrons. The summed E-state index contributed by atoms with van der Waals surface area (Å²) in [6.07, 6.45) is 8.72. The van der Waals surface area contributed by atoms with Crippen LogP contribution in [-0.4, -0.2) is 111 Å². The van der Waals surface area contributed by atoms with Gasteiger partial charge in [-0.25, -0.2) is 9.98 Å². The number of hydrogen-bond donors (Lipinski definition) is 5. The summed E-state index contributed by atoms with van der Waals surface area (Å²) in [5.41, 5.74) is 6.15. The zero-order valence-corrected chi connectivity index (χ0v) is 41.4. The number of fused-ring (bicyclic) bond motifs is 1. The zero-order valence-electron chi connectivity index (χ0n) is 41.4. The minimum absolute atomic E-state index is 0.0582. The van der Waals surface area contributed by atoms with Crippen LogP contribution in [0.3, 0.4) is 0 Å². The number of likely N-dealkylation sites (tertiary alicyclic amines) is 1. The molecule has 7 rings (SSSR count). The number of carbonyl (C=O) groups excluding carboxylic acids is 2. The average Bonchev–Trinajstić information content (AvgIpc) is 4.16. The van der Waals surface area contributed by atoms with Crippen LogP contribution in [0, 0.1) is 12.3 Å². The molecule has 2 aliphatic carbocycles. The monoisotopic (exact) mass is 968 g/mol. The molecule has 0 aromatic carbocycles. The number of carbonyl (C=O) groups is 2. The standard InChI is InChI=1S/C48H59BF3N11O5.C2H6/c1-8-10-39(45(6,7)66)54-23-30(9-2)37-19-40(48(50,51)52)59-63(37)27-44(4,5)58-42(64)38(17-29(21-53)22-56-47(67,68)26-49)61-16-15-46(43(61)65)20-35(46)34-13-14-36(57-28(34)3)31-18-32-25-62(33-11-12-33)60-41(32)55-24-31;1-2/h9-10,13-14,18-19,21-25,33,35,38,66-68H,8,11-12,15-17,20,26-27,53H2,1-7H3,(H,58,64);1-2H3/b29-21-,30-9+,39-10+,54-23+,56-22+;. The summed E-state index contributed by atoms with van der Waals surface area (Å²) in [6.45, 7) is 15.7. The molecule has 5 heterocycles. The van der Waals surface area contributed by atoms with Gasteiger partial charge in [-0.05, 0) is 116 Å². The highest BCUT2D eigenvalue weighted by molar-refractivity contribution is 6.09. The van der Waals surface area contributed by atoms with Gasteiger partial charge >= 0.3 is 6.18 Å². The van der Waals surface area contributed by atoms with E-state index in [-0.39, 0.29) is 48.2 Å². The van der Waals surface area contributed by atoms with E-state index in [1.807, 2.05) is 56.8 Å². The molecule has 1 saturated heterocycles. The summed E-state index contributed by atoms with van der Waals surface area (Å²) in [7, 11) is 5.45. The van der Waals surface area contributed by atoms with E-state index in [0.717, 1.165) is 63.9 Å². The first-order valence-corrected chi connectivity index (χ1v) is 23.8. The molecule has 2 amide bonds. The van der Waals surface area contributed by atoms with Crippen LogP contribution in [0.25, 0.3) is 27.9 Å². The van der Waals surface area contributed by atoms with Crippen LogP contribution < -0.4 is 11.1 Å². The molecule has 70 heavy (non-hydrogen) atoms. The second-order valence-corrected chi connectivity index (χ2v) is 19.2. The lowest BCUT2D eigenvalue weighted by Gasteiger charge is -2.33. The van der Waals surface area contributed by atoms with E-state index in [9.17, 15) is 38.1 Å². The van der Waals surface area contributed by atoms with Gasteiger partial charge in [0.25, 0.3) is 5.91 Å². The number of aliphatic imine (C=N–C) groups is 2. The van der Waals surface area contributed by atoms with Crippen molar-refractivity contribution in [3.8, 4) is 11.3 Å². The summed E-state index contributed by atoms with van der Waals surface area (Å²) in [5, 5.41) is 43.3. The number of rotatable bonds is 18. The molecule has 0 bridgehead atoms. The third-order valence-corrected chi connectivity index (χ3v) is 12.7. The number of nitrogens with one attached hydrogen (secondary N) is 1. The molecule has 4 aromatic heterocycles. The molecular formula is C50H65BF3N11O5. The van der Waals surface area contributed by atoms with E-state index >= 15 is 0 Å². The molecule has 4 aromatic rings. The fourth-order valence-electron chi connectivity index (χ4n) is 8.83. The molecule has 3 unspecified atom stereocenters. The highest BCUT2D eigenvalue weighted by Gasteiger charge is 2.65. The van der Waals surface area contributed by atoms with Gasteiger partial charge < -0.3 is 31.3 Å². The average molecular weight is 968 g/mol. The predicted octanol–water partition coefficient (Wildman–Crippen LogP) is 7.12. The third kappa shape index (κ3) is 11.9. The number of allylic oxidation sites excluding steroid dienone is 3. The second kappa shape index (κ2) is 20.8. The summed E-state index contributed by atoms with van der Waals surface area (Å²) >= 11 is 0. The first-order chi connectivity index (χ1) is 32.9. The van der Waals surface area contributed by atoms with Crippen molar-refractivity contribution in [3.05, 3.63) is 88.9 Å². The number of aromatic nitrogens is 6. The van der Waals surface area contributed by atoms with Crippen LogP contribution in [-0.2, 0) is 22.3 Å². The van der Waals surface area contributed by atoms with Gasteiger partial charge in [-0.1, -0.05) is 39.0 Å². The number of alkyl halides is 3. The van der Waals surface area contributed by atoms with Gasteiger partial charge in [0.05, 0.1) is 48.5 Å². The van der Waals surface area contributed by atoms with Crippen molar-refractivity contribution < 1.29 is 38.1 Å². The molecule has 2 saturated carbocycles.